The van der Waals surface area contributed by atoms with E-state index < -0.39 is 0 Å². The van der Waals surface area contributed by atoms with Crippen molar-refractivity contribution >= 4 is 0 Å². The van der Waals surface area contributed by atoms with Gasteiger partial charge in [-0.25, -0.2) is 0 Å². The molecule has 0 aliphatic heterocycles. The summed E-state index contributed by atoms with van der Waals surface area (Å²) < 4.78 is 0. The predicted octanol–water partition coefficient (Wildman–Crippen LogP) is 5.98. The fourth-order valence-corrected chi connectivity index (χ4v) is 2.21. The van der Waals surface area contributed by atoms with Crippen LogP contribution in [0.3, 0.4) is 0 Å². The van der Waals surface area contributed by atoms with Crippen molar-refractivity contribution in [2.45, 2.75) is 79.1 Å². The third-order valence-electron chi connectivity index (χ3n) is 3.60. The molecular weight excluding hydrogens is 192 g/mol. The first-order valence-corrected chi connectivity index (χ1v) is 7.29. The van der Waals surface area contributed by atoms with E-state index in [1.54, 1.807) is 0 Å². The van der Waals surface area contributed by atoms with Gasteiger partial charge in [0.1, 0.15) is 0 Å². The first-order chi connectivity index (χ1) is 7.61. The summed E-state index contributed by atoms with van der Waals surface area (Å²) in [7, 11) is 0. The predicted molar refractivity (Wildman–Crippen MR) is 75.8 cm³/mol. The van der Waals surface area contributed by atoms with Crippen molar-refractivity contribution in [1.82, 2.24) is 0 Å². The molecule has 0 nitrogen and oxygen atoms in total. The molecule has 0 saturated carbocycles. The van der Waals surface area contributed by atoms with E-state index in [0.717, 1.165) is 11.8 Å². The molecule has 0 aliphatic carbocycles. The highest BCUT2D eigenvalue weighted by atomic mass is 14.2. The summed E-state index contributed by atoms with van der Waals surface area (Å²) in [4.78, 5) is 0. The Morgan fingerprint density at radius 2 is 1.56 bits per heavy atom. The summed E-state index contributed by atoms with van der Waals surface area (Å²) in [6, 6.07) is 0. The van der Waals surface area contributed by atoms with E-state index in [4.69, 9.17) is 0 Å². The topological polar surface area (TPSA) is 0 Å². The molecular formula is C16H32. The lowest BCUT2D eigenvalue weighted by Gasteiger charge is -2.18. The number of unbranched alkanes of at least 4 members (excludes halogenated alkanes) is 3. The Morgan fingerprint density at radius 3 is 2.12 bits per heavy atom. The molecule has 2 unspecified atom stereocenters. The van der Waals surface area contributed by atoms with Gasteiger partial charge >= 0.3 is 0 Å². The van der Waals surface area contributed by atoms with Gasteiger partial charge in [0, 0.05) is 0 Å². The number of rotatable bonds is 10. The molecule has 0 aliphatic rings. The standard InChI is InChI=1S/C16H32/c1-6-8-10-11-14(3)13-16(5)15(4)12-9-7-2/h14-15H,5-13H2,1-4H3. The smallest absolute Gasteiger partial charge is 0.0234 e. The molecule has 0 heterocycles. The summed E-state index contributed by atoms with van der Waals surface area (Å²) >= 11 is 0. The molecule has 0 aromatic heterocycles. The molecule has 0 rings (SSSR count). The maximum Gasteiger partial charge on any atom is -0.0234 e. The SMILES string of the molecule is C=C(CC(C)CCCCC)C(C)CCCC. The molecule has 0 spiro atoms. The van der Waals surface area contributed by atoms with Crippen molar-refractivity contribution in [2.75, 3.05) is 0 Å². The average molecular weight is 224 g/mol. The lowest BCUT2D eigenvalue weighted by atomic mass is 9.88. The second kappa shape index (κ2) is 9.93. The Morgan fingerprint density at radius 1 is 0.938 bits per heavy atom. The van der Waals surface area contributed by atoms with Crippen LogP contribution in [0, 0.1) is 11.8 Å². The van der Waals surface area contributed by atoms with Gasteiger partial charge in [0.15, 0.2) is 0 Å². The second-order valence-electron chi connectivity index (χ2n) is 5.51. The van der Waals surface area contributed by atoms with Crippen LogP contribution in [0.1, 0.15) is 79.1 Å². The van der Waals surface area contributed by atoms with E-state index in [9.17, 15) is 0 Å². The van der Waals surface area contributed by atoms with Crippen LogP contribution in [0.5, 0.6) is 0 Å². The maximum absolute atomic E-state index is 4.28. The quantitative estimate of drug-likeness (QED) is 0.316. The van der Waals surface area contributed by atoms with Gasteiger partial charge in [-0.3, -0.25) is 0 Å². The average Bonchev–Trinajstić information content (AvgIpc) is 2.26. The first-order valence-electron chi connectivity index (χ1n) is 7.29. The molecule has 0 aromatic carbocycles. The molecule has 0 saturated heterocycles. The summed E-state index contributed by atoms with van der Waals surface area (Å²) in [5.74, 6) is 1.57. The normalized spacial score (nSPS) is 14.8. The molecule has 0 N–H and O–H groups in total. The van der Waals surface area contributed by atoms with Crippen molar-refractivity contribution in [3.8, 4) is 0 Å². The maximum atomic E-state index is 4.28. The molecule has 0 radical (unpaired) electrons. The van der Waals surface area contributed by atoms with E-state index in [1.807, 2.05) is 0 Å². The van der Waals surface area contributed by atoms with Crippen molar-refractivity contribution in [3.05, 3.63) is 12.2 Å². The molecule has 96 valence electrons. The van der Waals surface area contributed by atoms with E-state index >= 15 is 0 Å². The molecule has 16 heavy (non-hydrogen) atoms. The van der Waals surface area contributed by atoms with Crippen LogP contribution in [-0.2, 0) is 0 Å². The van der Waals surface area contributed by atoms with Gasteiger partial charge in [-0.2, -0.15) is 0 Å². The molecule has 0 bridgehead atoms. The molecule has 0 heteroatoms. The molecule has 0 fully saturated rings. The highest BCUT2D eigenvalue weighted by Gasteiger charge is 2.10. The molecule has 0 amide bonds. The minimum atomic E-state index is 0.730. The van der Waals surface area contributed by atoms with Crippen LogP contribution in [0.15, 0.2) is 12.2 Å². The highest BCUT2D eigenvalue weighted by molar-refractivity contribution is 4.99. The monoisotopic (exact) mass is 224 g/mol. The highest BCUT2D eigenvalue weighted by Crippen LogP contribution is 2.24. The summed E-state index contributed by atoms with van der Waals surface area (Å²) in [6.45, 7) is 13.5. The minimum Gasteiger partial charge on any atom is -0.0996 e. The Bertz CT molecular complexity index is 169. The van der Waals surface area contributed by atoms with Gasteiger partial charge in [0.05, 0.1) is 0 Å². The van der Waals surface area contributed by atoms with Gasteiger partial charge in [-0.15, -0.1) is 0 Å². The fraction of sp³-hybridized carbons (Fsp3) is 0.875. The van der Waals surface area contributed by atoms with Crippen molar-refractivity contribution < 1.29 is 0 Å². The zero-order valence-electron chi connectivity index (χ0n) is 12.0. The van der Waals surface area contributed by atoms with Crippen LogP contribution in [0.25, 0.3) is 0 Å². The summed E-state index contributed by atoms with van der Waals surface area (Å²) in [5, 5.41) is 0. The van der Waals surface area contributed by atoms with Crippen LogP contribution < -0.4 is 0 Å². The second-order valence-corrected chi connectivity index (χ2v) is 5.51. The Kier molecular flexibility index (Phi) is 9.77. The van der Waals surface area contributed by atoms with Gasteiger partial charge < -0.3 is 0 Å². The van der Waals surface area contributed by atoms with Crippen LogP contribution >= 0.6 is 0 Å². The lowest BCUT2D eigenvalue weighted by Crippen LogP contribution is -2.04. The molecule has 0 aromatic rings. The zero-order valence-corrected chi connectivity index (χ0v) is 12.0. The number of hydrogen-bond donors (Lipinski definition) is 0. The fourth-order valence-electron chi connectivity index (χ4n) is 2.21. The largest absolute Gasteiger partial charge is 0.0996 e. The van der Waals surface area contributed by atoms with Crippen LogP contribution in [-0.4, -0.2) is 0 Å². The third kappa shape index (κ3) is 7.96. The van der Waals surface area contributed by atoms with Crippen molar-refractivity contribution in [1.29, 1.82) is 0 Å². The van der Waals surface area contributed by atoms with Crippen molar-refractivity contribution in [2.24, 2.45) is 11.8 Å². The van der Waals surface area contributed by atoms with Gasteiger partial charge in [0.25, 0.3) is 0 Å². The third-order valence-corrected chi connectivity index (χ3v) is 3.60. The minimum absolute atomic E-state index is 0.730. The van der Waals surface area contributed by atoms with Crippen LogP contribution in [0.4, 0.5) is 0 Å². The Hall–Kier alpha value is -0.260. The van der Waals surface area contributed by atoms with Crippen molar-refractivity contribution in [3.63, 3.8) is 0 Å². The zero-order chi connectivity index (χ0) is 12.4. The number of hydrogen-bond acceptors (Lipinski definition) is 0. The Balaban J connectivity index is 3.67. The lowest BCUT2D eigenvalue weighted by molar-refractivity contribution is 0.458. The molecule has 2 atom stereocenters. The van der Waals surface area contributed by atoms with Gasteiger partial charge in [-0.1, -0.05) is 78.4 Å². The van der Waals surface area contributed by atoms with Crippen LogP contribution in [0.2, 0.25) is 0 Å². The Labute approximate surface area is 104 Å². The summed E-state index contributed by atoms with van der Waals surface area (Å²) in [6.07, 6.45) is 10.7. The van der Waals surface area contributed by atoms with E-state index in [2.05, 4.69) is 34.3 Å². The number of allylic oxidation sites excluding steroid dienone is 1. The van der Waals surface area contributed by atoms with E-state index in [0.29, 0.717) is 0 Å². The first kappa shape index (κ1) is 15.7. The summed E-state index contributed by atoms with van der Waals surface area (Å²) in [5.41, 5.74) is 1.48. The van der Waals surface area contributed by atoms with E-state index in [1.165, 1.54) is 56.9 Å². The van der Waals surface area contributed by atoms with Gasteiger partial charge in [0.2, 0.25) is 0 Å². The van der Waals surface area contributed by atoms with Gasteiger partial charge in [-0.05, 0) is 24.7 Å². The van der Waals surface area contributed by atoms with E-state index in [-0.39, 0.29) is 0 Å².